The van der Waals surface area contributed by atoms with Crippen molar-refractivity contribution >= 4 is 27.3 Å². The van der Waals surface area contributed by atoms with Gasteiger partial charge in [0.25, 0.3) is 10.0 Å². The molecular formula is C9H11NO5S2. The number of rotatable bonds is 5. The van der Waals surface area contributed by atoms with Gasteiger partial charge in [-0.3, -0.25) is 0 Å². The Morgan fingerprint density at radius 3 is 2.53 bits per heavy atom. The summed E-state index contributed by atoms with van der Waals surface area (Å²) in [5.41, 5.74) is -0.744. The molecule has 2 rings (SSSR count). The molecule has 3 N–H and O–H groups in total. The van der Waals surface area contributed by atoms with Gasteiger partial charge in [0, 0.05) is 0 Å². The second-order valence-electron chi connectivity index (χ2n) is 3.97. The van der Waals surface area contributed by atoms with Gasteiger partial charge in [-0.05, 0) is 25.0 Å². The Bertz CT molecular complexity index is 543. The summed E-state index contributed by atoms with van der Waals surface area (Å²) >= 11 is 0.695. The van der Waals surface area contributed by atoms with Gasteiger partial charge in [0.15, 0.2) is 0 Å². The molecule has 94 valence electrons. The van der Waals surface area contributed by atoms with Crippen LogP contribution in [-0.2, 0) is 10.0 Å². The van der Waals surface area contributed by atoms with E-state index in [0.717, 1.165) is 0 Å². The molecule has 6 nitrogen and oxygen atoms in total. The molecule has 0 aliphatic heterocycles. The number of sulfonamides is 1. The zero-order chi connectivity index (χ0) is 12.7. The Morgan fingerprint density at radius 2 is 2.12 bits per heavy atom. The number of aromatic carboxylic acids is 1. The summed E-state index contributed by atoms with van der Waals surface area (Å²) in [6.45, 7) is -0.247. The molecule has 0 bridgehead atoms. The van der Waals surface area contributed by atoms with E-state index in [2.05, 4.69) is 4.72 Å². The van der Waals surface area contributed by atoms with Crippen molar-refractivity contribution in [3.63, 3.8) is 0 Å². The summed E-state index contributed by atoms with van der Waals surface area (Å²) in [5.74, 6) is -1.15. The first-order valence-corrected chi connectivity index (χ1v) is 7.16. The van der Waals surface area contributed by atoms with Gasteiger partial charge in [0.2, 0.25) is 0 Å². The van der Waals surface area contributed by atoms with E-state index >= 15 is 0 Å². The van der Waals surface area contributed by atoms with Gasteiger partial charge in [-0.2, -0.15) is 0 Å². The highest BCUT2D eigenvalue weighted by Crippen LogP contribution is 2.36. The van der Waals surface area contributed by atoms with Crippen LogP contribution in [0.1, 0.15) is 22.5 Å². The molecule has 1 heterocycles. The minimum absolute atomic E-state index is 0.0285. The third kappa shape index (κ3) is 2.49. The Morgan fingerprint density at radius 1 is 1.47 bits per heavy atom. The lowest BCUT2D eigenvalue weighted by atomic mass is 10.3. The minimum atomic E-state index is -3.74. The third-order valence-electron chi connectivity index (χ3n) is 2.56. The lowest BCUT2D eigenvalue weighted by Gasteiger charge is -2.13. The average molecular weight is 277 g/mol. The van der Waals surface area contributed by atoms with Gasteiger partial charge in [-0.15, -0.1) is 11.3 Å². The maximum atomic E-state index is 11.9. The van der Waals surface area contributed by atoms with Crippen molar-refractivity contribution in [2.75, 3.05) is 6.61 Å². The molecule has 0 aromatic carbocycles. The zero-order valence-corrected chi connectivity index (χ0v) is 10.3. The van der Waals surface area contributed by atoms with Crippen molar-refractivity contribution < 1.29 is 23.4 Å². The number of carbonyl (C=O) groups is 1. The Hall–Kier alpha value is -0.960. The summed E-state index contributed by atoms with van der Waals surface area (Å²) in [4.78, 5) is 10.6. The predicted octanol–water partition coefficient (Wildman–Crippen LogP) is 0.249. The summed E-state index contributed by atoms with van der Waals surface area (Å²) < 4.78 is 26.1. The highest BCUT2D eigenvalue weighted by Gasteiger charge is 2.45. The van der Waals surface area contributed by atoms with E-state index in [1.165, 1.54) is 12.1 Å². The highest BCUT2D eigenvalue weighted by molar-refractivity contribution is 7.91. The number of aliphatic hydroxyl groups excluding tert-OH is 1. The number of aliphatic hydroxyl groups is 1. The number of carboxylic acid groups (broad SMARTS) is 1. The molecule has 0 saturated heterocycles. The lowest BCUT2D eigenvalue weighted by Crippen LogP contribution is -2.39. The van der Waals surface area contributed by atoms with E-state index < -0.39 is 21.5 Å². The van der Waals surface area contributed by atoms with Crippen molar-refractivity contribution in [1.82, 2.24) is 4.72 Å². The van der Waals surface area contributed by atoms with Crippen LogP contribution in [0.4, 0.5) is 0 Å². The molecule has 1 saturated carbocycles. The Kier molecular flexibility index (Phi) is 2.98. The first-order valence-electron chi connectivity index (χ1n) is 4.87. The summed E-state index contributed by atoms with van der Waals surface area (Å²) in [6, 6.07) is 2.50. The van der Waals surface area contributed by atoms with Crippen LogP contribution in [0.2, 0.25) is 0 Å². The van der Waals surface area contributed by atoms with E-state index in [1.807, 2.05) is 0 Å². The fraction of sp³-hybridized carbons (Fsp3) is 0.444. The van der Waals surface area contributed by atoms with Crippen molar-refractivity contribution in [3.8, 4) is 0 Å². The van der Waals surface area contributed by atoms with Crippen LogP contribution < -0.4 is 4.72 Å². The van der Waals surface area contributed by atoms with Gasteiger partial charge in [0.1, 0.15) is 9.09 Å². The van der Waals surface area contributed by atoms with Gasteiger partial charge < -0.3 is 10.2 Å². The maximum Gasteiger partial charge on any atom is 0.345 e. The van der Waals surface area contributed by atoms with Crippen molar-refractivity contribution in [2.45, 2.75) is 22.6 Å². The minimum Gasteiger partial charge on any atom is -0.477 e. The largest absolute Gasteiger partial charge is 0.477 e. The number of hydrogen-bond donors (Lipinski definition) is 3. The van der Waals surface area contributed by atoms with Crippen molar-refractivity contribution in [2.24, 2.45) is 0 Å². The summed E-state index contributed by atoms with van der Waals surface area (Å²) in [6.07, 6.45) is 1.19. The summed E-state index contributed by atoms with van der Waals surface area (Å²) in [7, 11) is -3.74. The van der Waals surface area contributed by atoms with Crippen LogP contribution in [0.5, 0.6) is 0 Å². The zero-order valence-electron chi connectivity index (χ0n) is 8.71. The molecule has 1 aromatic heterocycles. The number of carboxylic acids is 1. The average Bonchev–Trinajstić information content (AvgIpc) is 2.82. The first kappa shape index (κ1) is 12.5. The van der Waals surface area contributed by atoms with Crippen LogP contribution in [0.3, 0.4) is 0 Å². The molecule has 8 heteroatoms. The van der Waals surface area contributed by atoms with Gasteiger partial charge in [-0.25, -0.2) is 17.9 Å². The fourth-order valence-corrected chi connectivity index (χ4v) is 3.95. The molecular weight excluding hydrogens is 266 g/mol. The molecule has 0 radical (unpaired) electrons. The van der Waals surface area contributed by atoms with E-state index in [-0.39, 0.29) is 15.7 Å². The monoisotopic (exact) mass is 277 g/mol. The standard InChI is InChI=1S/C9H11NO5S2/c11-5-9(3-4-9)10-17(14,15)7-2-1-6(16-7)8(12)13/h1-2,10-11H,3-5H2,(H,12,13). The quantitative estimate of drug-likeness (QED) is 0.715. The lowest BCUT2D eigenvalue weighted by molar-refractivity contribution is 0.0702. The normalized spacial score (nSPS) is 17.9. The van der Waals surface area contributed by atoms with Gasteiger partial charge >= 0.3 is 5.97 Å². The fourth-order valence-electron chi connectivity index (χ4n) is 1.36. The predicted molar refractivity (Wildman–Crippen MR) is 60.7 cm³/mol. The molecule has 1 aliphatic carbocycles. The number of hydrogen-bond acceptors (Lipinski definition) is 5. The maximum absolute atomic E-state index is 11.9. The molecule has 17 heavy (non-hydrogen) atoms. The molecule has 0 atom stereocenters. The van der Waals surface area contributed by atoms with Crippen LogP contribution in [0, 0.1) is 0 Å². The van der Waals surface area contributed by atoms with E-state index in [4.69, 9.17) is 10.2 Å². The van der Waals surface area contributed by atoms with Gasteiger partial charge in [-0.1, -0.05) is 0 Å². The topological polar surface area (TPSA) is 104 Å². The molecule has 1 aliphatic rings. The van der Waals surface area contributed by atoms with E-state index in [9.17, 15) is 13.2 Å². The van der Waals surface area contributed by atoms with Crippen LogP contribution in [0.25, 0.3) is 0 Å². The second-order valence-corrected chi connectivity index (χ2v) is 6.96. The SMILES string of the molecule is O=C(O)c1ccc(S(=O)(=O)NC2(CO)CC2)s1. The molecule has 1 fully saturated rings. The molecule has 1 aromatic rings. The number of thiophene rings is 1. The second kappa shape index (κ2) is 4.05. The smallest absolute Gasteiger partial charge is 0.345 e. The van der Waals surface area contributed by atoms with Crippen molar-refractivity contribution in [3.05, 3.63) is 17.0 Å². The van der Waals surface area contributed by atoms with Gasteiger partial charge in [0.05, 0.1) is 12.1 Å². The molecule has 0 spiro atoms. The number of nitrogens with one attached hydrogen (secondary N) is 1. The van der Waals surface area contributed by atoms with Crippen molar-refractivity contribution in [1.29, 1.82) is 0 Å². The van der Waals surface area contributed by atoms with Crippen LogP contribution in [-0.4, -0.2) is 36.7 Å². The van der Waals surface area contributed by atoms with E-state index in [1.54, 1.807) is 0 Å². The van der Waals surface area contributed by atoms with E-state index in [0.29, 0.717) is 24.2 Å². The Balaban J connectivity index is 2.22. The summed E-state index contributed by atoms with van der Waals surface area (Å²) in [5, 5.41) is 17.8. The Labute approximate surface area is 102 Å². The third-order valence-corrected chi connectivity index (χ3v) is 5.71. The highest BCUT2D eigenvalue weighted by atomic mass is 32.2. The van der Waals surface area contributed by atoms with Crippen LogP contribution >= 0.6 is 11.3 Å². The molecule has 0 unspecified atom stereocenters. The molecule has 0 amide bonds. The van der Waals surface area contributed by atoms with Crippen LogP contribution in [0.15, 0.2) is 16.3 Å². The first-order chi connectivity index (χ1) is 7.88.